The number of hydrogen-bond acceptors (Lipinski definition) is 1. The van der Waals surface area contributed by atoms with Gasteiger partial charge < -0.3 is 5.11 Å². The van der Waals surface area contributed by atoms with E-state index in [0.717, 1.165) is 5.56 Å². The van der Waals surface area contributed by atoms with Gasteiger partial charge in [-0.2, -0.15) is 0 Å². The number of hydrogen-bond donors (Lipinski definition) is 1. The van der Waals surface area contributed by atoms with Gasteiger partial charge in [0.1, 0.15) is 0 Å². The smallest absolute Gasteiger partial charge is 0.0727 e. The van der Waals surface area contributed by atoms with Crippen molar-refractivity contribution in [3.63, 3.8) is 0 Å². The molecule has 0 saturated carbocycles. The van der Waals surface area contributed by atoms with Gasteiger partial charge in [0.2, 0.25) is 0 Å². The van der Waals surface area contributed by atoms with Gasteiger partial charge in [0, 0.05) is 12.0 Å². The fourth-order valence-corrected chi connectivity index (χ4v) is 1.02. The maximum absolute atomic E-state index is 9.17. The van der Waals surface area contributed by atoms with Crippen molar-refractivity contribution < 1.29 is 5.11 Å². The van der Waals surface area contributed by atoms with Gasteiger partial charge in [0.05, 0.1) is 6.10 Å². The van der Waals surface area contributed by atoms with Crippen LogP contribution in [-0.2, 0) is 0 Å². The van der Waals surface area contributed by atoms with E-state index in [2.05, 4.69) is 18.4 Å². The van der Waals surface area contributed by atoms with E-state index < -0.39 is 6.10 Å². The lowest BCUT2D eigenvalue weighted by Gasteiger charge is -1.98. The Morgan fingerprint density at radius 1 is 1.36 bits per heavy atom. The Hall–Kier alpha value is -1.52. The Morgan fingerprint density at radius 3 is 2.71 bits per heavy atom. The minimum atomic E-state index is -0.430. The van der Waals surface area contributed by atoms with Crippen LogP contribution in [0.3, 0.4) is 0 Å². The molecule has 0 aromatic heterocycles. The lowest BCUT2D eigenvalue weighted by Crippen LogP contribution is -1.99. The molecular formula is C13H14O. The zero-order valence-electron chi connectivity index (χ0n) is 8.11. The monoisotopic (exact) mass is 186 g/mol. The van der Waals surface area contributed by atoms with Gasteiger partial charge in [-0.05, 0) is 18.6 Å². The van der Waals surface area contributed by atoms with Crippen LogP contribution in [0.5, 0.6) is 0 Å². The average molecular weight is 186 g/mol. The Labute approximate surface area is 85.1 Å². The lowest BCUT2D eigenvalue weighted by molar-refractivity contribution is 0.215. The highest BCUT2D eigenvalue weighted by Crippen LogP contribution is 1.98. The first-order valence-corrected chi connectivity index (χ1v) is 4.67. The second-order valence-corrected chi connectivity index (χ2v) is 3.01. The first-order valence-electron chi connectivity index (χ1n) is 4.67. The third kappa shape index (κ3) is 3.93. The van der Waals surface area contributed by atoms with Crippen LogP contribution in [0.15, 0.2) is 43.0 Å². The highest BCUT2D eigenvalue weighted by molar-refractivity contribution is 5.33. The van der Waals surface area contributed by atoms with Crippen LogP contribution in [0.2, 0.25) is 0 Å². The van der Waals surface area contributed by atoms with E-state index in [1.807, 2.05) is 30.3 Å². The average Bonchev–Trinajstić information content (AvgIpc) is 2.25. The fraction of sp³-hybridized carbons (Fsp3) is 0.231. The van der Waals surface area contributed by atoms with Crippen LogP contribution in [0.1, 0.15) is 18.4 Å². The first kappa shape index (κ1) is 10.6. The molecule has 0 amide bonds. The maximum Gasteiger partial charge on any atom is 0.0727 e. The van der Waals surface area contributed by atoms with Crippen LogP contribution in [0, 0.1) is 11.8 Å². The van der Waals surface area contributed by atoms with E-state index in [9.17, 15) is 0 Å². The van der Waals surface area contributed by atoms with Crippen molar-refractivity contribution >= 4 is 0 Å². The van der Waals surface area contributed by atoms with Crippen molar-refractivity contribution in [2.75, 3.05) is 0 Å². The molecule has 1 atom stereocenters. The molecule has 1 aromatic carbocycles. The highest BCUT2D eigenvalue weighted by Gasteiger charge is 1.93. The summed E-state index contributed by atoms with van der Waals surface area (Å²) in [6.45, 7) is 3.50. The van der Waals surface area contributed by atoms with Gasteiger partial charge in [-0.15, -0.1) is 6.58 Å². The van der Waals surface area contributed by atoms with E-state index >= 15 is 0 Å². The van der Waals surface area contributed by atoms with Gasteiger partial charge in [-0.1, -0.05) is 36.1 Å². The predicted molar refractivity (Wildman–Crippen MR) is 58.8 cm³/mol. The van der Waals surface area contributed by atoms with E-state index in [1.54, 1.807) is 0 Å². The first-order chi connectivity index (χ1) is 6.83. The number of benzene rings is 1. The summed E-state index contributed by atoms with van der Waals surface area (Å²) in [7, 11) is 0. The van der Waals surface area contributed by atoms with Gasteiger partial charge >= 0.3 is 0 Å². The molecule has 0 radical (unpaired) electrons. The standard InChI is InChI=1S/C13H14O/c1-2-13(14)11-7-6-10-12-8-4-3-5-9-12/h2-5,8-9,13-14H,1,7,11H2/t13-/m1/s1. The number of aliphatic hydroxyl groups is 1. The molecule has 1 rings (SSSR count). The second-order valence-electron chi connectivity index (χ2n) is 3.01. The number of aliphatic hydroxyl groups excluding tert-OH is 1. The number of rotatable bonds is 3. The molecule has 72 valence electrons. The minimum absolute atomic E-state index is 0.430. The summed E-state index contributed by atoms with van der Waals surface area (Å²) in [6.07, 6.45) is 2.45. The largest absolute Gasteiger partial charge is 0.389 e. The Kier molecular flexibility index (Phi) is 4.54. The van der Waals surface area contributed by atoms with Crippen molar-refractivity contribution in [1.82, 2.24) is 0 Å². The summed E-state index contributed by atoms with van der Waals surface area (Å²) in [5, 5.41) is 9.17. The van der Waals surface area contributed by atoms with Crippen molar-refractivity contribution in [2.24, 2.45) is 0 Å². The quantitative estimate of drug-likeness (QED) is 0.567. The van der Waals surface area contributed by atoms with Crippen molar-refractivity contribution in [2.45, 2.75) is 18.9 Å². The summed E-state index contributed by atoms with van der Waals surface area (Å²) in [4.78, 5) is 0. The Bertz CT molecular complexity index is 329. The van der Waals surface area contributed by atoms with Crippen LogP contribution >= 0.6 is 0 Å². The minimum Gasteiger partial charge on any atom is -0.389 e. The SMILES string of the molecule is C=C[C@@H](O)CCC#Cc1ccccc1. The van der Waals surface area contributed by atoms with Crippen molar-refractivity contribution in [1.29, 1.82) is 0 Å². The molecule has 1 heteroatoms. The lowest BCUT2D eigenvalue weighted by atomic mass is 10.2. The third-order valence-electron chi connectivity index (χ3n) is 1.84. The van der Waals surface area contributed by atoms with Crippen molar-refractivity contribution in [3.05, 3.63) is 48.6 Å². The van der Waals surface area contributed by atoms with Crippen molar-refractivity contribution in [3.8, 4) is 11.8 Å². The summed E-state index contributed by atoms with van der Waals surface area (Å²) in [5.41, 5.74) is 1.01. The summed E-state index contributed by atoms with van der Waals surface area (Å²) >= 11 is 0. The molecule has 0 fully saturated rings. The molecule has 0 bridgehead atoms. The molecule has 14 heavy (non-hydrogen) atoms. The third-order valence-corrected chi connectivity index (χ3v) is 1.84. The fourth-order valence-electron chi connectivity index (χ4n) is 1.02. The van der Waals surface area contributed by atoms with Crippen LogP contribution in [0.4, 0.5) is 0 Å². The second kappa shape index (κ2) is 6.01. The maximum atomic E-state index is 9.17. The topological polar surface area (TPSA) is 20.2 Å². The van der Waals surface area contributed by atoms with E-state index in [-0.39, 0.29) is 0 Å². The van der Waals surface area contributed by atoms with Crippen LogP contribution in [0.25, 0.3) is 0 Å². The molecule has 1 aromatic rings. The molecule has 0 aliphatic heterocycles. The van der Waals surface area contributed by atoms with Gasteiger partial charge in [-0.25, -0.2) is 0 Å². The molecule has 0 aliphatic carbocycles. The zero-order valence-corrected chi connectivity index (χ0v) is 8.11. The Balaban J connectivity index is 2.38. The molecule has 1 N–H and O–H groups in total. The van der Waals surface area contributed by atoms with E-state index in [0.29, 0.717) is 12.8 Å². The van der Waals surface area contributed by atoms with Gasteiger partial charge in [0.25, 0.3) is 0 Å². The van der Waals surface area contributed by atoms with E-state index in [4.69, 9.17) is 5.11 Å². The molecule has 1 nitrogen and oxygen atoms in total. The highest BCUT2D eigenvalue weighted by atomic mass is 16.3. The molecular weight excluding hydrogens is 172 g/mol. The summed E-state index contributed by atoms with van der Waals surface area (Å²) < 4.78 is 0. The van der Waals surface area contributed by atoms with Crippen LogP contribution < -0.4 is 0 Å². The molecule has 0 unspecified atom stereocenters. The Morgan fingerprint density at radius 2 is 2.07 bits per heavy atom. The summed E-state index contributed by atoms with van der Waals surface area (Å²) in [5.74, 6) is 6.04. The molecule has 0 aliphatic rings. The molecule has 0 heterocycles. The summed E-state index contributed by atoms with van der Waals surface area (Å²) in [6, 6.07) is 9.83. The zero-order chi connectivity index (χ0) is 10.2. The van der Waals surface area contributed by atoms with Gasteiger partial charge in [-0.3, -0.25) is 0 Å². The van der Waals surface area contributed by atoms with E-state index in [1.165, 1.54) is 6.08 Å². The normalized spacial score (nSPS) is 11.2. The van der Waals surface area contributed by atoms with Gasteiger partial charge in [0.15, 0.2) is 0 Å². The molecule has 0 spiro atoms. The predicted octanol–water partition coefficient (Wildman–Crippen LogP) is 2.37. The van der Waals surface area contributed by atoms with Crippen LogP contribution in [-0.4, -0.2) is 11.2 Å². The molecule has 0 saturated heterocycles.